The van der Waals surface area contributed by atoms with Crippen molar-refractivity contribution in [3.8, 4) is 0 Å². The van der Waals surface area contributed by atoms with Crippen LogP contribution in [0.15, 0.2) is 0 Å². The third-order valence-electron chi connectivity index (χ3n) is 4.03. The fourth-order valence-electron chi connectivity index (χ4n) is 2.88. The molecule has 80 valence electrons. The van der Waals surface area contributed by atoms with Crippen molar-refractivity contribution in [2.75, 3.05) is 13.2 Å². The number of hydrogen-bond donors (Lipinski definition) is 1. The van der Waals surface area contributed by atoms with Crippen molar-refractivity contribution < 1.29 is 14.6 Å². The smallest absolute Gasteiger partial charge is 0.168 e. The summed E-state index contributed by atoms with van der Waals surface area (Å²) in [6.45, 7) is 1.45. The molecule has 1 heterocycles. The Kier molecular flexibility index (Phi) is 1.92. The Balaban J connectivity index is 1.66. The van der Waals surface area contributed by atoms with Gasteiger partial charge >= 0.3 is 0 Å². The van der Waals surface area contributed by atoms with Gasteiger partial charge in [0.05, 0.1) is 18.8 Å². The molecule has 0 aromatic rings. The van der Waals surface area contributed by atoms with Crippen LogP contribution >= 0.6 is 0 Å². The van der Waals surface area contributed by atoms with Gasteiger partial charge in [-0.2, -0.15) is 0 Å². The summed E-state index contributed by atoms with van der Waals surface area (Å²) in [6, 6.07) is 0. The van der Waals surface area contributed by atoms with E-state index in [0.717, 1.165) is 38.9 Å². The monoisotopic (exact) mass is 198 g/mol. The summed E-state index contributed by atoms with van der Waals surface area (Å²) in [5.41, 5.74) is -0.388. The maximum atomic E-state index is 10.3. The van der Waals surface area contributed by atoms with Crippen LogP contribution in [0, 0.1) is 5.92 Å². The minimum absolute atomic E-state index is 0.318. The topological polar surface area (TPSA) is 38.7 Å². The molecule has 0 bridgehead atoms. The molecule has 3 nitrogen and oxygen atoms in total. The molecule has 0 aromatic heterocycles. The molecule has 2 saturated carbocycles. The first-order valence-corrected chi connectivity index (χ1v) is 5.73. The van der Waals surface area contributed by atoms with Gasteiger partial charge in [0, 0.05) is 12.8 Å². The molecule has 3 rings (SSSR count). The van der Waals surface area contributed by atoms with Gasteiger partial charge in [-0.1, -0.05) is 0 Å². The lowest BCUT2D eigenvalue weighted by atomic mass is 9.78. The molecule has 1 N–H and O–H groups in total. The molecule has 1 saturated heterocycles. The lowest BCUT2D eigenvalue weighted by Gasteiger charge is -2.40. The number of hydrogen-bond acceptors (Lipinski definition) is 3. The molecule has 0 unspecified atom stereocenters. The highest BCUT2D eigenvalue weighted by Gasteiger charge is 2.51. The molecule has 0 amide bonds. The zero-order valence-electron chi connectivity index (χ0n) is 8.50. The van der Waals surface area contributed by atoms with Gasteiger partial charge in [0.1, 0.15) is 0 Å². The lowest BCUT2D eigenvalue weighted by molar-refractivity contribution is -0.205. The van der Waals surface area contributed by atoms with Crippen LogP contribution in [0.1, 0.15) is 38.5 Å². The Bertz CT molecular complexity index is 213. The SMILES string of the molecule is OC1(C2CC2)CCC2(CC1)OCCO2. The third-order valence-corrected chi connectivity index (χ3v) is 4.03. The average molecular weight is 198 g/mol. The summed E-state index contributed by atoms with van der Waals surface area (Å²) >= 11 is 0. The van der Waals surface area contributed by atoms with E-state index in [1.165, 1.54) is 12.8 Å². The number of ether oxygens (including phenoxy) is 2. The van der Waals surface area contributed by atoms with E-state index in [2.05, 4.69) is 0 Å². The first kappa shape index (κ1) is 9.13. The van der Waals surface area contributed by atoms with Gasteiger partial charge in [0.2, 0.25) is 0 Å². The van der Waals surface area contributed by atoms with Gasteiger partial charge in [-0.05, 0) is 31.6 Å². The molecule has 1 spiro atoms. The van der Waals surface area contributed by atoms with Gasteiger partial charge in [-0.3, -0.25) is 0 Å². The van der Waals surface area contributed by atoms with Crippen molar-refractivity contribution in [2.45, 2.75) is 49.9 Å². The van der Waals surface area contributed by atoms with Crippen LogP contribution in [-0.4, -0.2) is 29.7 Å². The summed E-state index contributed by atoms with van der Waals surface area (Å²) in [4.78, 5) is 0. The molecule has 1 aliphatic heterocycles. The second-order valence-corrected chi connectivity index (χ2v) is 4.99. The number of aliphatic hydroxyl groups is 1. The van der Waals surface area contributed by atoms with E-state index in [4.69, 9.17) is 9.47 Å². The molecule has 14 heavy (non-hydrogen) atoms. The molecular weight excluding hydrogens is 180 g/mol. The van der Waals surface area contributed by atoms with Crippen molar-refractivity contribution in [1.82, 2.24) is 0 Å². The van der Waals surface area contributed by atoms with Gasteiger partial charge < -0.3 is 14.6 Å². The highest BCUT2D eigenvalue weighted by molar-refractivity contribution is 5.00. The van der Waals surface area contributed by atoms with Gasteiger partial charge in [0.15, 0.2) is 5.79 Å². The van der Waals surface area contributed by atoms with Gasteiger partial charge in [-0.15, -0.1) is 0 Å². The molecule has 3 fully saturated rings. The van der Waals surface area contributed by atoms with Crippen LogP contribution in [0.2, 0.25) is 0 Å². The van der Waals surface area contributed by atoms with Crippen LogP contribution in [0.3, 0.4) is 0 Å². The Morgan fingerprint density at radius 2 is 1.50 bits per heavy atom. The quantitative estimate of drug-likeness (QED) is 0.693. The minimum Gasteiger partial charge on any atom is -0.390 e. The minimum atomic E-state index is -0.388. The van der Waals surface area contributed by atoms with E-state index in [1.54, 1.807) is 0 Å². The second-order valence-electron chi connectivity index (χ2n) is 4.99. The Morgan fingerprint density at radius 1 is 0.929 bits per heavy atom. The molecule has 0 aromatic carbocycles. The fourth-order valence-corrected chi connectivity index (χ4v) is 2.88. The van der Waals surface area contributed by atoms with Crippen LogP contribution in [0.5, 0.6) is 0 Å². The zero-order valence-corrected chi connectivity index (χ0v) is 8.50. The van der Waals surface area contributed by atoms with Gasteiger partial charge in [-0.25, -0.2) is 0 Å². The van der Waals surface area contributed by atoms with Crippen LogP contribution in [-0.2, 0) is 9.47 Å². The molecule has 0 radical (unpaired) electrons. The van der Waals surface area contributed by atoms with E-state index < -0.39 is 0 Å². The fraction of sp³-hybridized carbons (Fsp3) is 1.00. The van der Waals surface area contributed by atoms with Crippen LogP contribution < -0.4 is 0 Å². The summed E-state index contributed by atoms with van der Waals surface area (Å²) in [5.74, 6) is 0.252. The average Bonchev–Trinajstić information content (AvgIpc) is 2.95. The summed E-state index contributed by atoms with van der Waals surface area (Å²) in [5, 5.41) is 10.3. The molecule has 3 heteroatoms. The standard InChI is InChI=1S/C11H18O3/c12-10(9-1-2-9)3-5-11(6-4-10)13-7-8-14-11/h9,12H,1-8H2. The van der Waals surface area contributed by atoms with E-state index in [0.29, 0.717) is 5.92 Å². The van der Waals surface area contributed by atoms with Crippen LogP contribution in [0.25, 0.3) is 0 Å². The maximum absolute atomic E-state index is 10.3. The predicted octanol–water partition coefficient (Wildman–Crippen LogP) is 1.44. The zero-order chi connectivity index (χ0) is 9.65. The van der Waals surface area contributed by atoms with Crippen LogP contribution in [0.4, 0.5) is 0 Å². The summed E-state index contributed by atoms with van der Waals surface area (Å²) in [7, 11) is 0. The summed E-state index contributed by atoms with van der Waals surface area (Å²) < 4.78 is 11.3. The molecule has 0 atom stereocenters. The van der Waals surface area contributed by atoms with Crippen molar-refractivity contribution in [3.63, 3.8) is 0 Å². The number of rotatable bonds is 1. The molecule has 2 aliphatic carbocycles. The largest absolute Gasteiger partial charge is 0.390 e. The summed E-state index contributed by atoms with van der Waals surface area (Å²) in [6.07, 6.45) is 5.89. The van der Waals surface area contributed by atoms with Crippen molar-refractivity contribution in [1.29, 1.82) is 0 Å². The third kappa shape index (κ3) is 1.38. The molecule has 3 aliphatic rings. The first-order chi connectivity index (χ1) is 6.73. The van der Waals surface area contributed by atoms with E-state index in [-0.39, 0.29) is 11.4 Å². The molecular formula is C11H18O3. The van der Waals surface area contributed by atoms with Crippen molar-refractivity contribution in [3.05, 3.63) is 0 Å². The predicted molar refractivity (Wildman–Crippen MR) is 50.8 cm³/mol. The lowest BCUT2D eigenvalue weighted by Crippen LogP contribution is -2.44. The Morgan fingerprint density at radius 3 is 2.00 bits per heavy atom. The van der Waals surface area contributed by atoms with E-state index in [1.807, 2.05) is 0 Å². The Hall–Kier alpha value is -0.120. The normalized spacial score (nSPS) is 34.9. The van der Waals surface area contributed by atoms with Crippen molar-refractivity contribution in [2.24, 2.45) is 5.92 Å². The van der Waals surface area contributed by atoms with E-state index >= 15 is 0 Å². The Labute approximate surface area is 84.4 Å². The maximum Gasteiger partial charge on any atom is 0.168 e. The highest BCUT2D eigenvalue weighted by atomic mass is 16.7. The first-order valence-electron chi connectivity index (χ1n) is 5.73. The van der Waals surface area contributed by atoms with Gasteiger partial charge in [0.25, 0.3) is 0 Å². The second kappa shape index (κ2) is 2.94. The van der Waals surface area contributed by atoms with E-state index in [9.17, 15) is 5.11 Å². The van der Waals surface area contributed by atoms with Crippen molar-refractivity contribution >= 4 is 0 Å². The highest BCUT2D eigenvalue weighted by Crippen LogP contribution is 2.50.